The quantitative estimate of drug-likeness (QED) is 0.250. The molecule has 0 amide bonds. The van der Waals surface area contributed by atoms with E-state index >= 15 is 0 Å². The standard InChI is InChI=1S/C33H32N4O5/c34-32-35-31-26(17-10-18-37(31)33(38)36-32)28-30(41-21-25-15-8-3-9-16-25)29(40-20-24-13-6-2-7-14-24)27(42-28)22-39-19-23-11-4-1-5-12-23/h1-18,27-30H,19-22H2,(H2,34,36,38)/t27-,28+,29-,30+/m1/s1. The molecule has 3 aromatic carbocycles. The maximum atomic E-state index is 12.6. The van der Waals surface area contributed by atoms with Crippen LogP contribution in [0.25, 0.3) is 5.65 Å². The third-order valence-electron chi connectivity index (χ3n) is 7.21. The molecule has 214 valence electrons. The zero-order chi connectivity index (χ0) is 28.7. The molecule has 9 nitrogen and oxygen atoms in total. The van der Waals surface area contributed by atoms with Gasteiger partial charge in [-0.25, -0.2) is 4.79 Å². The van der Waals surface area contributed by atoms with Crippen molar-refractivity contribution >= 4 is 11.6 Å². The minimum absolute atomic E-state index is 0.105. The molecule has 0 bridgehead atoms. The molecular formula is C33H32N4O5. The number of fused-ring (bicyclic) bond motifs is 1. The molecule has 1 saturated heterocycles. The molecule has 1 aliphatic rings. The van der Waals surface area contributed by atoms with Crippen molar-refractivity contribution in [1.82, 2.24) is 14.4 Å². The number of hydrogen-bond donors (Lipinski definition) is 1. The number of pyridine rings is 1. The molecule has 0 aliphatic carbocycles. The summed E-state index contributed by atoms with van der Waals surface area (Å²) in [7, 11) is 0. The molecule has 1 aliphatic heterocycles. The van der Waals surface area contributed by atoms with Crippen molar-refractivity contribution in [2.24, 2.45) is 0 Å². The monoisotopic (exact) mass is 564 g/mol. The number of nitrogens with zero attached hydrogens (tertiary/aromatic N) is 3. The lowest BCUT2D eigenvalue weighted by atomic mass is 10.0. The second-order valence-electron chi connectivity index (χ2n) is 10.1. The fourth-order valence-electron chi connectivity index (χ4n) is 5.19. The predicted octanol–water partition coefficient (Wildman–Crippen LogP) is 4.50. The number of hydrogen-bond acceptors (Lipinski definition) is 8. The van der Waals surface area contributed by atoms with Crippen LogP contribution in [0.3, 0.4) is 0 Å². The number of rotatable bonds is 11. The van der Waals surface area contributed by atoms with Gasteiger partial charge in [0.1, 0.15) is 24.4 Å². The highest BCUT2D eigenvalue weighted by Crippen LogP contribution is 2.39. The first-order valence-corrected chi connectivity index (χ1v) is 13.9. The van der Waals surface area contributed by atoms with Crippen LogP contribution >= 0.6 is 0 Å². The van der Waals surface area contributed by atoms with E-state index in [1.54, 1.807) is 12.3 Å². The molecule has 2 N–H and O–H groups in total. The molecule has 42 heavy (non-hydrogen) atoms. The molecule has 1 fully saturated rings. The maximum Gasteiger partial charge on any atom is 0.356 e. The van der Waals surface area contributed by atoms with Crippen LogP contribution in [0, 0.1) is 0 Å². The summed E-state index contributed by atoms with van der Waals surface area (Å²) in [5, 5.41) is 0. The summed E-state index contributed by atoms with van der Waals surface area (Å²) in [6, 6.07) is 33.5. The normalized spacial score (nSPS) is 20.2. The Morgan fingerprint density at radius 3 is 1.90 bits per heavy atom. The van der Waals surface area contributed by atoms with Crippen molar-refractivity contribution in [1.29, 1.82) is 0 Å². The van der Waals surface area contributed by atoms with Gasteiger partial charge in [-0.3, -0.25) is 4.40 Å². The van der Waals surface area contributed by atoms with Crippen molar-refractivity contribution in [2.75, 3.05) is 12.3 Å². The lowest BCUT2D eigenvalue weighted by Gasteiger charge is -2.25. The second-order valence-corrected chi connectivity index (χ2v) is 10.1. The summed E-state index contributed by atoms with van der Waals surface area (Å²) in [5.74, 6) is -0.105. The van der Waals surface area contributed by atoms with Gasteiger partial charge in [-0.05, 0) is 22.8 Å². The summed E-state index contributed by atoms with van der Waals surface area (Å²) in [6.07, 6.45) is -0.504. The third-order valence-corrected chi connectivity index (χ3v) is 7.21. The number of aromatic nitrogens is 3. The van der Waals surface area contributed by atoms with E-state index in [9.17, 15) is 4.79 Å². The van der Waals surface area contributed by atoms with Crippen molar-refractivity contribution in [3.63, 3.8) is 0 Å². The van der Waals surface area contributed by atoms with Crippen LogP contribution in [-0.4, -0.2) is 39.3 Å². The first-order chi connectivity index (χ1) is 20.7. The summed E-state index contributed by atoms with van der Waals surface area (Å²) >= 11 is 0. The molecule has 5 aromatic rings. The molecule has 0 spiro atoms. The Morgan fingerprint density at radius 1 is 0.714 bits per heavy atom. The highest BCUT2D eigenvalue weighted by Gasteiger charge is 2.48. The van der Waals surface area contributed by atoms with Crippen LogP contribution in [0.4, 0.5) is 5.95 Å². The Labute approximate surface area is 243 Å². The van der Waals surface area contributed by atoms with Gasteiger partial charge in [0.25, 0.3) is 0 Å². The van der Waals surface area contributed by atoms with Gasteiger partial charge in [0.05, 0.1) is 26.4 Å². The minimum Gasteiger partial charge on any atom is -0.374 e. The van der Waals surface area contributed by atoms with Gasteiger partial charge in [-0.2, -0.15) is 9.97 Å². The first-order valence-electron chi connectivity index (χ1n) is 13.9. The van der Waals surface area contributed by atoms with E-state index in [0.717, 1.165) is 16.7 Å². The van der Waals surface area contributed by atoms with Crippen LogP contribution in [0.5, 0.6) is 0 Å². The lowest BCUT2D eigenvalue weighted by Crippen LogP contribution is -2.38. The van der Waals surface area contributed by atoms with E-state index < -0.39 is 30.1 Å². The minimum atomic E-state index is -0.621. The third kappa shape index (κ3) is 6.40. The van der Waals surface area contributed by atoms with Gasteiger partial charge in [0.15, 0.2) is 5.65 Å². The Hall–Kier alpha value is -4.41. The van der Waals surface area contributed by atoms with Gasteiger partial charge in [0, 0.05) is 11.8 Å². The van der Waals surface area contributed by atoms with E-state index in [1.165, 1.54) is 4.40 Å². The molecule has 9 heteroatoms. The Kier molecular flexibility index (Phi) is 8.62. The number of ether oxygens (including phenoxy) is 4. The average Bonchev–Trinajstić information content (AvgIpc) is 3.37. The van der Waals surface area contributed by atoms with E-state index in [0.29, 0.717) is 31.0 Å². The Morgan fingerprint density at radius 2 is 1.29 bits per heavy atom. The summed E-state index contributed by atoms with van der Waals surface area (Å²) in [6.45, 7) is 1.42. The molecule has 2 aromatic heterocycles. The fourth-order valence-corrected chi connectivity index (χ4v) is 5.19. The van der Waals surface area contributed by atoms with Gasteiger partial charge in [-0.15, -0.1) is 0 Å². The fraction of sp³-hybridized carbons (Fsp3) is 0.242. The van der Waals surface area contributed by atoms with Gasteiger partial charge in [-0.1, -0.05) is 97.1 Å². The molecule has 4 atom stereocenters. The van der Waals surface area contributed by atoms with Crippen LogP contribution in [0.1, 0.15) is 28.4 Å². The molecule has 6 rings (SSSR count). The molecule has 3 heterocycles. The smallest absolute Gasteiger partial charge is 0.356 e. The van der Waals surface area contributed by atoms with E-state index in [-0.39, 0.29) is 12.6 Å². The van der Waals surface area contributed by atoms with Crippen molar-refractivity contribution in [3.05, 3.63) is 142 Å². The predicted molar refractivity (Wildman–Crippen MR) is 157 cm³/mol. The largest absolute Gasteiger partial charge is 0.374 e. The number of nitrogen functional groups attached to an aromatic ring is 1. The van der Waals surface area contributed by atoms with Crippen molar-refractivity contribution in [3.8, 4) is 0 Å². The van der Waals surface area contributed by atoms with Gasteiger partial charge >= 0.3 is 5.69 Å². The zero-order valence-corrected chi connectivity index (χ0v) is 23.0. The molecular weight excluding hydrogens is 532 g/mol. The second kappa shape index (κ2) is 13.1. The topological polar surface area (TPSA) is 110 Å². The van der Waals surface area contributed by atoms with Crippen LogP contribution in [-0.2, 0) is 38.8 Å². The first kappa shape index (κ1) is 27.7. The van der Waals surface area contributed by atoms with Gasteiger partial charge < -0.3 is 24.7 Å². The zero-order valence-electron chi connectivity index (χ0n) is 23.0. The maximum absolute atomic E-state index is 12.6. The van der Waals surface area contributed by atoms with Crippen molar-refractivity contribution in [2.45, 2.75) is 44.2 Å². The van der Waals surface area contributed by atoms with E-state index in [2.05, 4.69) is 9.97 Å². The Balaban J connectivity index is 1.34. The number of benzene rings is 3. The van der Waals surface area contributed by atoms with Crippen LogP contribution in [0.2, 0.25) is 0 Å². The summed E-state index contributed by atoms with van der Waals surface area (Å²) in [4.78, 5) is 20.8. The van der Waals surface area contributed by atoms with Crippen LogP contribution < -0.4 is 11.4 Å². The van der Waals surface area contributed by atoms with Gasteiger partial charge in [0.2, 0.25) is 5.95 Å². The van der Waals surface area contributed by atoms with E-state index in [1.807, 2.05) is 97.1 Å². The van der Waals surface area contributed by atoms with Crippen molar-refractivity contribution < 1.29 is 18.9 Å². The molecule has 0 radical (unpaired) electrons. The van der Waals surface area contributed by atoms with E-state index in [4.69, 9.17) is 24.7 Å². The lowest BCUT2D eigenvalue weighted by molar-refractivity contribution is -0.0898. The molecule has 0 saturated carbocycles. The van der Waals surface area contributed by atoms with Crippen LogP contribution in [0.15, 0.2) is 114 Å². The Bertz CT molecular complexity index is 1650. The number of nitrogens with two attached hydrogens (primary N) is 1. The highest BCUT2D eigenvalue weighted by atomic mass is 16.6. The highest BCUT2D eigenvalue weighted by molar-refractivity contribution is 5.51. The number of anilines is 1. The average molecular weight is 565 g/mol. The summed E-state index contributed by atoms with van der Waals surface area (Å²) < 4.78 is 27.3. The summed E-state index contributed by atoms with van der Waals surface area (Å²) in [5.41, 5.74) is 9.51. The molecule has 0 unspecified atom stereocenters. The SMILES string of the molecule is Nc1nc(=O)n2cccc([C@@H]3O[C@H](COCc4ccccc4)[C@@H](OCc4ccccc4)[C@H]3OCc3ccccc3)c2n1.